The molecule has 0 aromatic heterocycles. The molecule has 1 aliphatic heterocycles. The van der Waals surface area contributed by atoms with Gasteiger partial charge < -0.3 is 9.64 Å². The second-order valence-corrected chi connectivity index (χ2v) is 9.08. The predicted octanol–water partition coefficient (Wildman–Crippen LogP) is 4.50. The van der Waals surface area contributed by atoms with E-state index in [1.165, 1.54) is 0 Å². The van der Waals surface area contributed by atoms with Crippen molar-refractivity contribution in [1.82, 2.24) is 4.90 Å². The summed E-state index contributed by atoms with van der Waals surface area (Å²) in [4.78, 5) is 14.3. The van der Waals surface area contributed by atoms with Crippen LogP contribution in [0, 0.1) is 0 Å². The van der Waals surface area contributed by atoms with Gasteiger partial charge in [-0.3, -0.25) is 4.21 Å². The highest BCUT2D eigenvalue weighted by molar-refractivity contribution is 7.85. The Balaban J connectivity index is 1.96. The van der Waals surface area contributed by atoms with Crippen molar-refractivity contribution in [2.75, 3.05) is 13.1 Å². The SMILES string of the molecule is CC(C)(C)OC(=O)N1CCC(S(=O)c2ccc(Cl)cc2Cl)CC1. The first-order chi connectivity index (χ1) is 10.7. The molecular weight excluding hydrogens is 357 g/mol. The molecule has 128 valence electrons. The Kier molecular flexibility index (Phi) is 5.98. The van der Waals surface area contributed by atoms with Crippen LogP contribution >= 0.6 is 23.2 Å². The van der Waals surface area contributed by atoms with Gasteiger partial charge in [-0.05, 0) is 51.8 Å². The number of piperidine rings is 1. The van der Waals surface area contributed by atoms with E-state index in [0.717, 1.165) is 0 Å². The maximum absolute atomic E-state index is 12.7. The number of benzene rings is 1. The number of rotatable bonds is 2. The number of nitrogens with zero attached hydrogens (tertiary/aromatic N) is 1. The Morgan fingerprint density at radius 1 is 1.26 bits per heavy atom. The third-order valence-electron chi connectivity index (χ3n) is 3.51. The van der Waals surface area contributed by atoms with Crippen molar-refractivity contribution in [2.24, 2.45) is 0 Å². The number of amides is 1. The van der Waals surface area contributed by atoms with E-state index in [1.807, 2.05) is 20.8 Å². The smallest absolute Gasteiger partial charge is 0.410 e. The molecule has 0 bridgehead atoms. The van der Waals surface area contributed by atoms with Crippen LogP contribution in [-0.2, 0) is 15.5 Å². The zero-order chi connectivity index (χ0) is 17.2. The summed E-state index contributed by atoms with van der Waals surface area (Å²) < 4.78 is 18.1. The molecule has 0 aliphatic carbocycles. The van der Waals surface area contributed by atoms with Gasteiger partial charge in [0.05, 0.1) is 20.7 Å². The van der Waals surface area contributed by atoms with Gasteiger partial charge in [-0.15, -0.1) is 0 Å². The third-order valence-corrected chi connectivity index (χ3v) is 6.03. The summed E-state index contributed by atoms with van der Waals surface area (Å²) in [5, 5.41) is 0.924. The fourth-order valence-electron chi connectivity index (χ4n) is 2.40. The highest BCUT2D eigenvalue weighted by Gasteiger charge is 2.30. The van der Waals surface area contributed by atoms with Crippen LogP contribution in [0.25, 0.3) is 0 Å². The summed E-state index contributed by atoms with van der Waals surface area (Å²) in [5.41, 5.74) is -0.506. The largest absolute Gasteiger partial charge is 0.444 e. The van der Waals surface area contributed by atoms with Gasteiger partial charge in [0.2, 0.25) is 0 Å². The van der Waals surface area contributed by atoms with Gasteiger partial charge in [0.1, 0.15) is 5.60 Å². The topological polar surface area (TPSA) is 46.6 Å². The van der Waals surface area contributed by atoms with Gasteiger partial charge in [0.15, 0.2) is 0 Å². The maximum Gasteiger partial charge on any atom is 0.410 e. The first kappa shape index (κ1) is 18.6. The molecule has 1 unspecified atom stereocenters. The van der Waals surface area contributed by atoms with Crippen molar-refractivity contribution in [3.05, 3.63) is 28.2 Å². The van der Waals surface area contributed by atoms with E-state index in [0.29, 0.717) is 40.9 Å². The standard InChI is InChI=1S/C16H21Cl2NO3S/c1-16(2,3)22-15(20)19-8-6-12(7-9-19)23(21)14-5-4-11(17)10-13(14)18/h4-5,10,12H,6-9H2,1-3H3. The lowest BCUT2D eigenvalue weighted by Crippen LogP contribution is -2.43. The number of halogens is 2. The van der Waals surface area contributed by atoms with Crippen LogP contribution < -0.4 is 0 Å². The molecule has 4 nitrogen and oxygen atoms in total. The van der Waals surface area contributed by atoms with Gasteiger partial charge in [0.25, 0.3) is 0 Å². The number of carbonyl (C=O) groups is 1. The van der Waals surface area contributed by atoms with E-state index in [1.54, 1.807) is 23.1 Å². The molecule has 23 heavy (non-hydrogen) atoms. The molecule has 0 saturated carbocycles. The van der Waals surface area contributed by atoms with Crippen molar-refractivity contribution >= 4 is 40.1 Å². The second-order valence-electron chi connectivity index (χ2n) is 6.54. The van der Waals surface area contributed by atoms with Crippen LogP contribution in [0.15, 0.2) is 23.1 Å². The van der Waals surface area contributed by atoms with Gasteiger partial charge >= 0.3 is 6.09 Å². The number of carbonyl (C=O) groups excluding carboxylic acids is 1. The zero-order valence-corrected chi connectivity index (χ0v) is 15.8. The first-order valence-electron chi connectivity index (χ1n) is 7.51. The highest BCUT2D eigenvalue weighted by atomic mass is 35.5. The summed E-state index contributed by atoms with van der Waals surface area (Å²) in [6.07, 6.45) is 1.00. The van der Waals surface area contributed by atoms with Crippen molar-refractivity contribution in [2.45, 2.75) is 49.4 Å². The molecule has 7 heteroatoms. The second kappa shape index (κ2) is 7.41. The average Bonchev–Trinajstić information content (AvgIpc) is 2.45. The quantitative estimate of drug-likeness (QED) is 0.761. The minimum atomic E-state index is -1.21. The Bertz CT molecular complexity index is 608. The molecule has 1 saturated heterocycles. The Hall–Kier alpha value is -0.780. The van der Waals surface area contributed by atoms with Crippen LogP contribution in [0.2, 0.25) is 10.0 Å². The molecule has 1 aromatic carbocycles. The molecule has 1 aromatic rings. The highest BCUT2D eigenvalue weighted by Crippen LogP contribution is 2.29. The summed E-state index contributed by atoms with van der Waals surface area (Å²) in [7, 11) is -1.21. The molecule has 1 aliphatic rings. The minimum absolute atomic E-state index is 0.0210. The number of likely N-dealkylation sites (tertiary alicyclic amines) is 1. The van der Waals surface area contributed by atoms with Crippen LogP contribution in [-0.4, -0.2) is 39.1 Å². The molecule has 2 rings (SSSR count). The van der Waals surface area contributed by atoms with E-state index in [-0.39, 0.29) is 11.3 Å². The third kappa shape index (κ3) is 5.10. The van der Waals surface area contributed by atoms with E-state index < -0.39 is 16.4 Å². The summed E-state index contributed by atoms with van der Waals surface area (Å²) in [6, 6.07) is 5.00. The molecular formula is C16H21Cl2NO3S. The molecule has 1 fully saturated rings. The van der Waals surface area contributed by atoms with E-state index >= 15 is 0 Å². The fourth-order valence-corrected chi connectivity index (χ4v) is 4.48. The molecule has 1 heterocycles. The number of hydrogen-bond donors (Lipinski definition) is 0. The van der Waals surface area contributed by atoms with Crippen molar-refractivity contribution < 1.29 is 13.7 Å². The predicted molar refractivity (Wildman–Crippen MR) is 93.7 cm³/mol. The first-order valence-corrected chi connectivity index (χ1v) is 9.48. The Labute approximate surface area is 149 Å². The number of ether oxygens (including phenoxy) is 1. The fraction of sp³-hybridized carbons (Fsp3) is 0.562. The summed E-state index contributed by atoms with van der Waals surface area (Å²) in [6.45, 7) is 6.60. The van der Waals surface area contributed by atoms with Crippen LogP contribution in [0.3, 0.4) is 0 Å². The maximum atomic E-state index is 12.7. The summed E-state index contributed by atoms with van der Waals surface area (Å²) >= 11 is 12.0. The average molecular weight is 378 g/mol. The number of hydrogen-bond acceptors (Lipinski definition) is 3. The normalized spacial score (nSPS) is 17.9. The van der Waals surface area contributed by atoms with Crippen molar-refractivity contribution in [3.63, 3.8) is 0 Å². The molecule has 0 N–H and O–H groups in total. The van der Waals surface area contributed by atoms with E-state index in [4.69, 9.17) is 27.9 Å². The van der Waals surface area contributed by atoms with Crippen molar-refractivity contribution in [1.29, 1.82) is 0 Å². The lowest BCUT2D eigenvalue weighted by atomic mass is 10.1. The van der Waals surface area contributed by atoms with Crippen LogP contribution in [0.1, 0.15) is 33.6 Å². The van der Waals surface area contributed by atoms with Crippen molar-refractivity contribution in [3.8, 4) is 0 Å². The lowest BCUT2D eigenvalue weighted by Gasteiger charge is -2.33. The van der Waals surface area contributed by atoms with E-state index in [9.17, 15) is 9.00 Å². The minimum Gasteiger partial charge on any atom is -0.444 e. The van der Waals surface area contributed by atoms with Gasteiger partial charge in [-0.1, -0.05) is 23.2 Å². The zero-order valence-electron chi connectivity index (χ0n) is 13.5. The molecule has 0 radical (unpaired) electrons. The summed E-state index contributed by atoms with van der Waals surface area (Å²) in [5.74, 6) is 0. The molecule has 0 spiro atoms. The molecule has 1 atom stereocenters. The van der Waals surface area contributed by atoms with Crippen LogP contribution in [0.5, 0.6) is 0 Å². The van der Waals surface area contributed by atoms with Gasteiger partial charge in [0, 0.05) is 23.4 Å². The van der Waals surface area contributed by atoms with Gasteiger partial charge in [-0.25, -0.2) is 4.79 Å². The van der Waals surface area contributed by atoms with Gasteiger partial charge in [-0.2, -0.15) is 0 Å². The lowest BCUT2D eigenvalue weighted by molar-refractivity contribution is 0.0218. The van der Waals surface area contributed by atoms with E-state index in [2.05, 4.69) is 0 Å². The Morgan fingerprint density at radius 2 is 1.87 bits per heavy atom. The Morgan fingerprint density at radius 3 is 2.39 bits per heavy atom. The van der Waals surface area contributed by atoms with Crippen LogP contribution in [0.4, 0.5) is 4.79 Å². The monoisotopic (exact) mass is 377 g/mol. The molecule has 1 amide bonds.